The summed E-state index contributed by atoms with van der Waals surface area (Å²) in [5, 5.41) is 8.80. The monoisotopic (exact) mass is 546 g/mol. The number of likely N-dealkylation sites (N-methyl/N-ethyl adjacent to an activating group) is 1. The summed E-state index contributed by atoms with van der Waals surface area (Å²) in [5.74, 6) is 1.28. The van der Waals surface area contributed by atoms with Crippen LogP contribution in [0.5, 0.6) is 5.75 Å². The van der Waals surface area contributed by atoms with Crippen LogP contribution in [0.25, 0.3) is 20.3 Å². The highest BCUT2D eigenvalue weighted by atomic mass is 35.5. The SMILES string of the molecule is CN(C)CCNC(=O)Cc1ccc2c(c1)sc1ncnc(Nc3ccc(OCc4ccccn4)c(Cl)c3)c12. The van der Waals surface area contributed by atoms with Crippen molar-refractivity contribution in [2.75, 3.05) is 32.5 Å². The van der Waals surface area contributed by atoms with E-state index in [9.17, 15) is 4.79 Å². The molecule has 0 bridgehead atoms. The zero-order valence-electron chi connectivity index (χ0n) is 21.1. The Morgan fingerprint density at radius 1 is 1.08 bits per heavy atom. The van der Waals surface area contributed by atoms with Gasteiger partial charge >= 0.3 is 0 Å². The molecule has 0 spiro atoms. The zero-order chi connectivity index (χ0) is 26.5. The van der Waals surface area contributed by atoms with Crippen molar-refractivity contribution < 1.29 is 9.53 Å². The minimum absolute atomic E-state index is 0.0128. The molecule has 5 aromatic rings. The van der Waals surface area contributed by atoms with Gasteiger partial charge in [0.1, 0.15) is 29.3 Å². The number of rotatable bonds is 10. The lowest BCUT2D eigenvalue weighted by molar-refractivity contribution is -0.120. The number of carbonyl (C=O) groups is 1. The Bertz CT molecular complexity index is 1570. The van der Waals surface area contributed by atoms with Gasteiger partial charge in [0.2, 0.25) is 5.91 Å². The summed E-state index contributed by atoms with van der Waals surface area (Å²) in [4.78, 5) is 28.5. The molecule has 2 aromatic carbocycles. The number of hydrogen-bond acceptors (Lipinski definition) is 8. The average Bonchev–Trinajstić information content (AvgIpc) is 3.27. The maximum atomic E-state index is 12.3. The molecule has 38 heavy (non-hydrogen) atoms. The van der Waals surface area contributed by atoms with Gasteiger partial charge in [0, 0.05) is 35.1 Å². The van der Waals surface area contributed by atoms with E-state index in [0.29, 0.717) is 36.2 Å². The Kier molecular flexibility index (Phi) is 7.97. The van der Waals surface area contributed by atoms with Crippen LogP contribution in [-0.2, 0) is 17.8 Å². The van der Waals surface area contributed by atoms with Crippen molar-refractivity contribution in [2.45, 2.75) is 13.0 Å². The van der Waals surface area contributed by atoms with E-state index in [0.717, 1.165) is 43.8 Å². The van der Waals surface area contributed by atoms with Gasteiger partial charge in [-0.1, -0.05) is 29.8 Å². The summed E-state index contributed by atoms with van der Waals surface area (Å²) in [5.41, 5.74) is 2.57. The molecule has 0 unspecified atom stereocenters. The van der Waals surface area contributed by atoms with Gasteiger partial charge in [0.25, 0.3) is 0 Å². The number of amides is 1. The summed E-state index contributed by atoms with van der Waals surface area (Å²) in [6.45, 7) is 1.77. The standard InChI is InChI=1S/C28H27ClN6O2S/c1-35(2)12-11-31-25(36)14-18-6-8-21-24(13-18)38-28-26(21)27(32-17-33-28)34-19-7-9-23(22(29)15-19)37-16-20-5-3-4-10-30-20/h3-10,13,15,17H,11-12,14,16H2,1-2H3,(H,31,36)(H,32,33,34). The molecule has 0 atom stereocenters. The van der Waals surface area contributed by atoms with Crippen LogP contribution in [0.15, 0.2) is 67.1 Å². The first-order valence-electron chi connectivity index (χ1n) is 12.1. The van der Waals surface area contributed by atoms with E-state index in [1.54, 1.807) is 23.9 Å². The molecule has 3 heterocycles. The van der Waals surface area contributed by atoms with Crippen LogP contribution in [0.3, 0.4) is 0 Å². The molecule has 0 radical (unpaired) electrons. The maximum Gasteiger partial charge on any atom is 0.224 e. The fourth-order valence-corrected chi connectivity index (χ4v) is 5.33. The normalized spacial score (nSPS) is 11.3. The molecule has 1 amide bonds. The highest BCUT2D eigenvalue weighted by molar-refractivity contribution is 7.25. The third-order valence-corrected chi connectivity index (χ3v) is 7.23. The first-order valence-corrected chi connectivity index (χ1v) is 13.3. The van der Waals surface area contributed by atoms with Crippen molar-refractivity contribution in [3.63, 3.8) is 0 Å². The second-order valence-electron chi connectivity index (χ2n) is 9.04. The smallest absolute Gasteiger partial charge is 0.224 e. The molecule has 2 N–H and O–H groups in total. The van der Waals surface area contributed by atoms with Crippen LogP contribution >= 0.6 is 22.9 Å². The number of thiophene rings is 1. The van der Waals surface area contributed by atoms with Gasteiger partial charge in [0.15, 0.2) is 0 Å². The first-order chi connectivity index (χ1) is 18.5. The van der Waals surface area contributed by atoms with Gasteiger partial charge in [0.05, 0.1) is 22.5 Å². The van der Waals surface area contributed by atoms with Crippen molar-refractivity contribution in [3.8, 4) is 5.75 Å². The number of benzene rings is 2. The van der Waals surface area contributed by atoms with Crippen molar-refractivity contribution in [3.05, 3.63) is 83.4 Å². The third-order valence-electron chi connectivity index (χ3n) is 5.88. The van der Waals surface area contributed by atoms with Crippen molar-refractivity contribution in [1.29, 1.82) is 0 Å². The summed E-state index contributed by atoms with van der Waals surface area (Å²) >= 11 is 8.09. The van der Waals surface area contributed by atoms with Crippen LogP contribution < -0.4 is 15.4 Å². The second kappa shape index (κ2) is 11.7. The molecule has 0 aliphatic carbocycles. The van der Waals surface area contributed by atoms with E-state index in [1.807, 2.05) is 67.5 Å². The van der Waals surface area contributed by atoms with Gasteiger partial charge in [-0.15, -0.1) is 11.3 Å². The largest absolute Gasteiger partial charge is 0.486 e. The molecule has 0 fully saturated rings. The quantitative estimate of drug-likeness (QED) is 0.241. The van der Waals surface area contributed by atoms with E-state index >= 15 is 0 Å². The minimum atomic E-state index is 0.0128. The Balaban J connectivity index is 1.32. The Labute approximate surface area is 229 Å². The maximum absolute atomic E-state index is 12.3. The molecule has 0 saturated carbocycles. The molecular formula is C28H27ClN6O2S. The van der Waals surface area contributed by atoms with Crippen molar-refractivity contribution in [2.24, 2.45) is 0 Å². The number of pyridine rings is 1. The molecule has 8 nitrogen and oxygen atoms in total. The van der Waals surface area contributed by atoms with E-state index in [-0.39, 0.29) is 5.91 Å². The van der Waals surface area contributed by atoms with E-state index in [1.165, 1.54) is 0 Å². The first kappa shape index (κ1) is 25.8. The number of anilines is 2. The summed E-state index contributed by atoms with van der Waals surface area (Å²) in [6, 6.07) is 17.3. The van der Waals surface area contributed by atoms with E-state index in [4.69, 9.17) is 16.3 Å². The molecule has 10 heteroatoms. The number of ether oxygens (including phenoxy) is 1. The molecule has 0 aliphatic rings. The number of nitrogens with zero attached hydrogens (tertiary/aromatic N) is 4. The summed E-state index contributed by atoms with van der Waals surface area (Å²) in [7, 11) is 3.97. The van der Waals surface area contributed by atoms with Gasteiger partial charge in [-0.25, -0.2) is 9.97 Å². The Morgan fingerprint density at radius 3 is 2.76 bits per heavy atom. The highest BCUT2D eigenvalue weighted by Crippen LogP contribution is 2.38. The molecule has 5 rings (SSSR count). The molecule has 0 aliphatic heterocycles. The van der Waals surface area contributed by atoms with Crippen LogP contribution in [-0.4, -0.2) is 52.9 Å². The Hall–Kier alpha value is -3.79. The third kappa shape index (κ3) is 6.19. The molecular weight excluding hydrogens is 520 g/mol. The van der Waals surface area contributed by atoms with Crippen molar-refractivity contribution >= 4 is 60.7 Å². The minimum Gasteiger partial charge on any atom is -0.486 e. The lowest BCUT2D eigenvalue weighted by Crippen LogP contribution is -2.32. The Morgan fingerprint density at radius 2 is 1.97 bits per heavy atom. The van der Waals surface area contributed by atoms with Crippen LogP contribution in [0, 0.1) is 0 Å². The zero-order valence-corrected chi connectivity index (χ0v) is 22.6. The number of aromatic nitrogens is 3. The fourth-order valence-electron chi connectivity index (χ4n) is 3.99. The number of hydrogen-bond donors (Lipinski definition) is 2. The lowest BCUT2D eigenvalue weighted by Gasteiger charge is -2.11. The van der Waals surface area contributed by atoms with Gasteiger partial charge in [-0.2, -0.15) is 0 Å². The predicted octanol–water partition coefficient (Wildman–Crippen LogP) is 5.44. The predicted molar refractivity (Wildman–Crippen MR) is 153 cm³/mol. The molecule has 194 valence electrons. The molecule has 3 aromatic heterocycles. The fraction of sp³-hybridized carbons (Fsp3) is 0.214. The van der Waals surface area contributed by atoms with Crippen LogP contribution in [0.1, 0.15) is 11.3 Å². The lowest BCUT2D eigenvalue weighted by atomic mass is 10.1. The topological polar surface area (TPSA) is 92.3 Å². The average molecular weight is 547 g/mol. The summed E-state index contributed by atoms with van der Waals surface area (Å²) in [6.07, 6.45) is 3.61. The summed E-state index contributed by atoms with van der Waals surface area (Å²) < 4.78 is 6.89. The van der Waals surface area contributed by atoms with Gasteiger partial charge < -0.3 is 20.3 Å². The van der Waals surface area contributed by atoms with Crippen molar-refractivity contribution in [1.82, 2.24) is 25.2 Å². The van der Waals surface area contributed by atoms with E-state index < -0.39 is 0 Å². The number of fused-ring (bicyclic) bond motifs is 3. The highest BCUT2D eigenvalue weighted by Gasteiger charge is 2.14. The second-order valence-corrected chi connectivity index (χ2v) is 10.5. The number of halogens is 1. The van der Waals surface area contributed by atoms with E-state index in [2.05, 4.69) is 31.7 Å². The number of nitrogens with one attached hydrogen (secondary N) is 2. The number of carbonyl (C=O) groups excluding carboxylic acids is 1. The van der Waals surface area contributed by atoms with Crippen LogP contribution in [0.2, 0.25) is 5.02 Å². The molecule has 0 saturated heterocycles. The van der Waals surface area contributed by atoms with Crippen LogP contribution in [0.4, 0.5) is 11.5 Å². The van der Waals surface area contributed by atoms with Gasteiger partial charge in [-0.3, -0.25) is 9.78 Å². The van der Waals surface area contributed by atoms with Gasteiger partial charge in [-0.05, 0) is 56.1 Å².